The Labute approximate surface area is 77.9 Å². The lowest BCUT2D eigenvalue weighted by Crippen LogP contribution is -2.33. The Kier molecular flexibility index (Phi) is 2.76. The first-order valence-corrected chi connectivity index (χ1v) is 4.48. The van der Waals surface area contributed by atoms with E-state index in [4.69, 9.17) is 10.2 Å². The fourth-order valence-corrected chi connectivity index (χ4v) is 1.14. The summed E-state index contributed by atoms with van der Waals surface area (Å²) in [4.78, 5) is 0. The lowest BCUT2D eigenvalue weighted by Gasteiger charge is -2.24. The summed E-state index contributed by atoms with van der Waals surface area (Å²) in [5.74, 6) is 1.28. The summed E-state index contributed by atoms with van der Waals surface area (Å²) in [6, 6.07) is 2.85. The van der Waals surface area contributed by atoms with Gasteiger partial charge in [0.2, 0.25) is 0 Å². The van der Waals surface area contributed by atoms with E-state index in [9.17, 15) is 4.39 Å². The number of hydrogen-bond acceptors (Lipinski definition) is 2. The molecule has 0 aliphatic carbocycles. The number of nitrogens with two attached hydrogens (primary N) is 1. The van der Waals surface area contributed by atoms with Crippen LogP contribution in [-0.4, -0.2) is 5.67 Å². The maximum atomic E-state index is 13.7. The van der Waals surface area contributed by atoms with Crippen LogP contribution in [0.2, 0.25) is 0 Å². The maximum absolute atomic E-state index is 13.7. The van der Waals surface area contributed by atoms with Crippen LogP contribution in [0.25, 0.3) is 0 Å². The average molecular weight is 185 g/mol. The predicted molar refractivity (Wildman–Crippen MR) is 50.2 cm³/mol. The summed E-state index contributed by atoms with van der Waals surface area (Å²) in [5.41, 5.74) is 4.33. The van der Waals surface area contributed by atoms with Gasteiger partial charge in [-0.2, -0.15) is 0 Å². The lowest BCUT2D eigenvalue weighted by molar-refractivity contribution is 0.130. The number of alkyl halides is 1. The molecule has 0 aliphatic rings. The molecule has 0 bridgehead atoms. The molecule has 0 amide bonds. The summed E-state index contributed by atoms with van der Waals surface area (Å²) in [5, 5.41) is 0. The predicted octanol–water partition coefficient (Wildman–Crippen LogP) is 2.73. The minimum Gasteiger partial charge on any atom is -0.465 e. The van der Waals surface area contributed by atoms with Crippen LogP contribution in [0.1, 0.15) is 37.8 Å². The molecule has 1 rings (SSSR count). The fraction of sp³-hybridized carbons (Fsp3) is 0.600. The summed E-state index contributed by atoms with van der Waals surface area (Å²) in [6.07, 6.45) is 0.383. The SMILES string of the molecule is CCC(C)(F)C(N)c1ccc(C)o1. The van der Waals surface area contributed by atoms with Gasteiger partial charge in [0.25, 0.3) is 0 Å². The monoisotopic (exact) mass is 185 g/mol. The molecule has 2 nitrogen and oxygen atoms in total. The Morgan fingerprint density at radius 1 is 1.62 bits per heavy atom. The second-order valence-electron chi connectivity index (χ2n) is 3.56. The molecule has 13 heavy (non-hydrogen) atoms. The Bertz CT molecular complexity index is 280. The Morgan fingerprint density at radius 3 is 2.62 bits per heavy atom. The van der Waals surface area contributed by atoms with Crippen LogP contribution < -0.4 is 5.73 Å². The zero-order chi connectivity index (χ0) is 10.1. The highest BCUT2D eigenvalue weighted by Crippen LogP contribution is 2.30. The molecular weight excluding hydrogens is 169 g/mol. The highest BCUT2D eigenvalue weighted by molar-refractivity contribution is 5.12. The van der Waals surface area contributed by atoms with Crippen LogP contribution in [0.4, 0.5) is 4.39 Å². The average Bonchev–Trinajstić information content (AvgIpc) is 2.50. The molecule has 1 aromatic rings. The van der Waals surface area contributed by atoms with Gasteiger partial charge < -0.3 is 10.2 Å². The van der Waals surface area contributed by atoms with Crippen molar-refractivity contribution < 1.29 is 8.81 Å². The quantitative estimate of drug-likeness (QED) is 0.786. The van der Waals surface area contributed by atoms with Gasteiger partial charge in [0.05, 0.1) is 6.04 Å². The summed E-state index contributed by atoms with van der Waals surface area (Å²) in [6.45, 7) is 5.09. The van der Waals surface area contributed by atoms with Crippen molar-refractivity contribution >= 4 is 0 Å². The number of hydrogen-bond donors (Lipinski definition) is 1. The molecule has 1 heterocycles. The van der Waals surface area contributed by atoms with E-state index in [1.807, 2.05) is 6.92 Å². The van der Waals surface area contributed by atoms with Crippen molar-refractivity contribution in [3.05, 3.63) is 23.7 Å². The van der Waals surface area contributed by atoms with Gasteiger partial charge in [-0.1, -0.05) is 6.92 Å². The van der Waals surface area contributed by atoms with Crippen molar-refractivity contribution in [3.63, 3.8) is 0 Å². The second kappa shape index (κ2) is 3.50. The van der Waals surface area contributed by atoms with E-state index in [1.165, 1.54) is 6.92 Å². The van der Waals surface area contributed by atoms with Crippen LogP contribution in [0, 0.1) is 6.92 Å². The van der Waals surface area contributed by atoms with E-state index >= 15 is 0 Å². The molecule has 0 saturated carbocycles. The van der Waals surface area contributed by atoms with Crippen molar-refractivity contribution in [3.8, 4) is 0 Å². The minimum atomic E-state index is -1.40. The molecule has 3 heteroatoms. The smallest absolute Gasteiger partial charge is 0.130 e. The van der Waals surface area contributed by atoms with Crippen LogP contribution in [0.3, 0.4) is 0 Å². The van der Waals surface area contributed by atoms with Crippen molar-refractivity contribution in [1.29, 1.82) is 0 Å². The number of aryl methyl sites for hydroxylation is 1. The van der Waals surface area contributed by atoms with Crippen LogP contribution >= 0.6 is 0 Å². The lowest BCUT2D eigenvalue weighted by atomic mass is 9.94. The zero-order valence-electron chi connectivity index (χ0n) is 8.30. The Hall–Kier alpha value is -0.830. The molecule has 1 aromatic heterocycles. The fourth-order valence-electron chi connectivity index (χ4n) is 1.14. The third kappa shape index (κ3) is 2.10. The van der Waals surface area contributed by atoms with Crippen molar-refractivity contribution in [2.75, 3.05) is 0 Å². The molecule has 2 atom stereocenters. The molecule has 0 radical (unpaired) electrons. The van der Waals surface area contributed by atoms with E-state index in [1.54, 1.807) is 19.1 Å². The van der Waals surface area contributed by atoms with Crippen LogP contribution in [0.15, 0.2) is 16.5 Å². The van der Waals surface area contributed by atoms with Crippen molar-refractivity contribution in [2.45, 2.75) is 38.9 Å². The zero-order valence-corrected chi connectivity index (χ0v) is 8.30. The van der Waals surface area contributed by atoms with E-state index in [0.717, 1.165) is 5.76 Å². The normalized spacial score (nSPS) is 18.2. The largest absolute Gasteiger partial charge is 0.465 e. The van der Waals surface area contributed by atoms with E-state index in [-0.39, 0.29) is 0 Å². The molecular formula is C10H16FNO. The van der Waals surface area contributed by atoms with Gasteiger partial charge in [0.1, 0.15) is 17.2 Å². The van der Waals surface area contributed by atoms with Gasteiger partial charge >= 0.3 is 0 Å². The third-order valence-electron chi connectivity index (χ3n) is 2.41. The van der Waals surface area contributed by atoms with Crippen LogP contribution in [-0.2, 0) is 0 Å². The van der Waals surface area contributed by atoms with Gasteiger partial charge in [0, 0.05) is 0 Å². The van der Waals surface area contributed by atoms with Gasteiger partial charge in [-0.15, -0.1) is 0 Å². The Balaban J connectivity index is 2.84. The van der Waals surface area contributed by atoms with Crippen molar-refractivity contribution in [1.82, 2.24) is 0 Å². The highest BCUT2D eigenvalue weighted by atomic mass is 19.1. The highest BCUT2D eigenvalue weighted by Gasteiger charge is 2.32. The summed E-state index contributed by atoms with van der Waals surface area (Å²) >= 11 is 0. The van der Waals surface area contributed by atoms with Crippen molar-refractivity contribution in [2.24, 2.45) is 5.73 Å². The van der Waals surface area contributed by atoms with E-state index < -0.39 is 11.7 Å². The standard InChI is InChI=1S/C10H16FNO/c1-4-10(3,11)9(12)8-6-5-7(2)13-8/h5-6,9H,4,12H2,1-3H3. The summed E-state index contributed by atoms with van der Waals surface area (Å²) in [7, 11) is 0. The van der Waals surface area contributed by atoms with Gasteiger partial charge in [-0.3, -0.25) is 0 Å². The summed E-state index contributed by atoms with van der Waals surface area (Å²) < 4.78 is 19.0. The van der Waals surface area contributed by atoms with Gasteiger partial charge in [0.15, 0.2) is 0 Å². The minimum absolute atomic E-state index is 0.383. The first-order valence-electron chi connectivity index (χ1n) is 4.48. The second-order valence-corrected chi connectivity index (χ2v) is 3.56. The molecule has 0 spiro atoms. The van der Waals surface area contributed by atoms with Gasteiger partial charge in [-0.05, 0) is 32.4 Å². The topological polar surface area (TPSA) is 39.2 Å². The van der Waals surface area contributed by atoms with E-state index in [2.05, 4.69) is 0 Å². The number of halogens is 1. The molecule has 2 N–H and O–H groups in total. The van der Waals surface area contributed by atoms with Crippen LogP contribution in [0.5, 0.6) is 0 Å². The first kappa shape index (κ1) is 10.3. The van der Waals surface area contributed by atoms with Gasteiger partial charge in [-0.25, -0.2) is 4.39 Å². The number of furan rings is 1. The molecule has 0 fully saturated rings. The molecule has 2 unspecified atom stereocenters. The van der Waals surface area contributed by atoms with E-state index in [0.29, 0.717) is 12.2 Å². The first-order chi connectivity index (χ1) is 5.97. The maximum Gasteiger partial charge on any atom is 0.130 e. The Morgan fingerprint density at radius 2 is 2.23 bits per heavy atom. The molecule has 0 saturated heterocycles. The third-order valence-corrected chi connectivity index (χ3v) is 2.41. The molecule has 0 aromatic carbocycles. The molecule has 74 valence electrons. The number of rotatable bonds is 3. The molecule has 0 aliphatic heterocycles.